The third-order valence-corrected chi connectivity index (χ3v) is 4.65. The van der Waals surface area contributed by atoms with Crippen LogP contribution >= 0.6 is 0 Å². The van der Waals surface area contributed by atoms with E-state index in [2.05, 4.69) is 26.0 Å². The van der Waals surface area contributed by atoms with Gasteiger partial charge in [0.25, 0.3) is 0 Å². The zero-order valence-corrected chi connectivity index (χ0v) is 12.3. The number of rotatable bonds is 5. The summed E-state index contributed by atoms with van der Waals surface area (Å²) in [5.74, 6) is 1.37. The van der Waals surface area contributed by atoms with Crippen molar-refractivity contribution in [2.45, 2.75) is 45.1 Å². The summed E-state index contributed by atoms with van der Waals surface area (Å²) in [7, 11) is 1.72. The Labute approximate surface area is 116 Å². The zero-order valence-electron chi connectivity index (χ0n) is 12.3. The molecule has 106 valence electrons. The molecule has 3 heteroatoms. The average Bonchev–Trinajstić information content (AvgIpc) is 2.37. The quantitative estimate of drug-likeness (QED) is 0.857. The number of nitrogens with two attached hydrogens (primary N) is 2. The Bertz CT molecular complexity index is 433. The molecule has 0 saturated heterocycles. The topological polar surface area (TPSA) is 61.3 Å². The van der Waals surface area contributed by atoms with E-state index in [1.165, 1.54) is 17.5 Å². The second kappa shape index (κ2) is 5.51. The lowest BCUT2D eigenvalue weighted by atomic mass is 9.62. The maximum Gasteiger partial charge on any atom is 0.122 e. The first-order chi connectivity index (χ1) is 9.04. The highest BCUT2D eigenvalue weighted by Gasteiger charge is 2.41. The Morgan fingerprint density at radius 1 is 1.32 bits per heavy atom. The molecule has 1 aliphatic carbocycles. The van der Waals surface area contributed by atoms with Crippen LogP contribution < -0.4 is 16.2 Å². The Balaban J connectivity index is 2.32. The van der Waals surface area contributed by atoms with E-state index >= 15 is 0 Å². The third-order valence-electron chi connectivity index (χ3n) is 4.65. The van der Waals surface area contributed by atoms with Crippen molar-refractivity contribution < 1.29 is 4.74 Å². The van der Waals surface area contributed by atoms with E-state index in [1.807, 2.05) is 6.07 Å². The second-order valence-corrected chi connectivity index (χ2v) is 6.05. The standard InChI is InChI=1S/C16H26N2O/c1-11(2)13-9-12(5-6-14(13)19-3)15(18)16(10-17)7-4-8-16/h5-6,9,11,15H,4,7-8,10,17-18H2,1-3H3. The number of benzene rings is 1. The third kappa shape index (κ3) is 2.49. The number of hydrogen-bond acceptors (Lipinski definition) is 3. The fourth-order valence-electron chi connectivity index (χ4n) is 3.02. The summed E-state index contributed by atoms with van der Waals surface area (Å²) in [4.78, 5) is 0. The van der Waals surface area contributed by atoms with Crippen LogP contribution in [0.25, 0.3) is 0 Å². The summed E-state index contributed by atoms with van der Waals surface area (Å²) in [6.07, 6.45) is 3.54. The molecule has 0 spiro atoms. The van der Waals surface area contributed by atoms with Crippen molar-refractivity contribution in [3.63, 3.8) is 0 Å². The molecule has 1 fully saturated rings. The molecule has 0 amide bonds. The van der Waals surface area contributed by atoms with Crippen molar-refractivity contribution in [1.82, 2.24) is 0 Å². The largest absolute Gasteiger partial charge is 0.496 e. The smallest absolute Gasteiger partial charge is 0.122 e. The summed E-state index contributed by atoms with van der Waals surface area (Å²) < 4.78 is 5.43. The van der Waals surface area contributed by atoms with Gasteiger partial charge in [-0.15, -0.1) is 0 Å². The molecule has 0 heterocycles. The van der Waals surface area contributed by atoms with E-state index in [4.69, 9.17) is 16.2 Å². The molecule has 19 heavy (non-hydrogen) atoms. The number of ether oxygens (including phenoxy) is 1. The fourth-order valence-corrected chi connectivity index (χ4v) is 3.02. The zero-order chi connectivity index (χ0) is 14.0. The first-order valence-electron chi connectivity index (χ1n) is 7.17. The van der Waals surface area contributed by atoms with Crippen molar-refractivity contribution in [2.75, 3.05) is 13.7 Å². The lowest BCUT2D eigenvalue weighted by molar-refractivity contribution is 0.104. The van der Waals surface area contributed by atoms with Crippen LogP contribution in [0.3, 0.4) is 0 Å². The SMILES string of the molecule is COc1ccc(C(N)C2(CN)CCC2)cc1C(C)C. The van der Waals surface area contributed by atoms with Gasteiger partial charge in [0, 0.05) is 11.5 Å². The highest BCUT2D eigenvalue weighted by molar-refractivity contribution is 5.41. The Hall–Kier alpha value is -1.06. The fraction of sp³-hybridized carbons (Fsp3) is 0.625. The van der Waals surface area contributed by atoms with Gasteiger partial charge in [0.05, 0.1) is 7.11 Å². The van der Waals surface area contributed by atoms with Crippen molar-refractivity contribution in [2.24, 2.45) is 16.9 Å². The van der Waals surface area contributed by atoms with Gasteiger partial charge < -0.3 is 16.2 Å². The lowest BCUT2D eigenvalue weighted by Crippen LogP contribution is -2.46. The molecule has 3 nitrogen and oxygen atoms in total. The molecule has 1 aliphatic rings. The van der Waals surface area contributed by atoms with Gasteiger partial charge in [-0.25, -0.2) is 0 Å². The minimum Gasteiger partial charge on any atom is -0.496 e. The van der Waals surface area contributed by atoms with Gasteiger partial charge in [0.1, 0.15) is 5.75 Å². The predicted molar refractivity (Wildman–Crippen MR) is 79.3 cm³/mol. The second-order valence-electron chi connectivity index (χ2n) is 6.05. The summed E-state index contributed by atoms with van der Waals surface area (Å²) in [5.41, 5.74) is 15.0. The Morgan fingerprint density at radius 2 is 2.00 bits per heavy atom. The van der Waals surface area contributed by atoms with Crippen LogP contribution in [0.2, 0.25) is 0 Å². The maximum absolute atomic E-state index is 6.49. The Morgan fingerprint density at radius 3 is 2.42 bits per heavy atom. The molecule has 1 unspecified atom stereocenters. The number of methoxy groups -OCH3 is 1. The van der Waals surface area contributed by atoms with E-state index in [-0.39, 0.29) is 11.5 Å². The van der Waals surface area contributed by atoms with Gasteiger partial charge in [0.2, 0.25) is 0 Å². The van der Waals surface area contributed by atoms with Crippen LogP contribution in [-0.4, -0.2) is 13.7 Å². The normalized spacial score (nSPS) is 19.1. The van der Waals surface area contributed by atoms with Gasteiger partial charge in [-0.05, 0) is 42.5 Å². The summed E-state index contributed by atoms with van der Waals surface area (Å²) in [6.45, 7) is 5.03. The minimum absolute atomic E-state index is 0.0367. The molecule has 0 aromatic heterocycles. The molecule has 1 aromatic carbocycles. The summed E-state index contributed by atoms with van der Waals surface area (Å²) >= 11 is 0. The highest BCUT2D eigenvalue weighted by Crippen LogP contribution is 2.48. The minimum atomic E-state index is 0.0367. The molecule has 0 aliphatic heterocycles. The van der Waals surface area contributed by atoms with E-state index in [9.17, 15) is 0 Å². The van der Waals surface area contributed by atoms with E-state index in [0.717, 1.165) is 18.6 Å². The van der Waals surface area contributed by atoms with Crippen molar-refractivity contribution in [3.05, 3.63) is 29.3 Å². The van der Waals surface area contributed by atoms with Crippen LogP contribution in [0.15, 0.2) is 18.2 Å². The van der Waals surface area contributed by atoms with E-state index in [1.54, 1.807) is 7.11 Å². The summed E-state index contributed by atoms with van der Waals surface area (Å²) in [6, 6.07) is 6.36. The molecule has 1 aromatic rings. The average molecular weight is 262 g/mol. The van der Waals surface area contributed by atoms with E-state index < -0.39 is 0 Å². The first-order valence-corrected chi connectivity index (χ1v) is 7.17. The molecule has 0 radical (unpaired) electrons. The Kier molecular flexibility index (Phi) is 4.16. The molecule has 1 saturated carbocycles. The van der Waals surface area contributed by atoms with Gasteiger partial charge in [0.15, 0.2) is 0 Å². The molecular formula is C16H26N2O. The van der Waals surface area contributed by atoms with Crippen molar-refractivity contribution in [1.29, 1.82) is 0 Å². The van der Waals surface area contributed by atoms with Crippen LogP contribution in [0, 0.1) is 5.41 Å². The molecule has 2 rings (SSSR count). The lowest BCUT2D eigenvalue weighted by Gasteiger charge is -2.46. The molecule has 4 N–H and O–H groups in total. The summed E-state index contributed by atoms with van der Waals surface area (Å²) in [5, 5.41) is 0. The van der Waals surface area contributed by atoms with Crippen LogP contribution in [0.1, 0.15) is 56.2 Å². The van der Waals surface area contributed by atoms with E-state index in [0.29, 0.717) is 12.5 Å². The van der Waals surface area contributed by atoms with Gasteiger partial charge >= 0.3 is 0 Å². The molecule has 1 atom stereocenters. The number of hydrogen-bond donors (Lipinski definition) is 2. The monoisotopic (exact) mass is 262 g/mol. The van der Waals surface area contributed by atoms with Crippen LogP contribution in [-0.2, 0) is 0 Å². The van der Waals surface area contributed by atoms with Crippen LogP contribution in [0.5, 0.6) is 5.75 Å². The van der Waals surface area contributed by atoms with Gasteiger partial charge in [-0.1, -0.05) is 32.4 Å². The predicted octanol–water partition coefficient (Wildman–Crippen LogP) is 2.95. The first kappa shape index (κ1) is 14.4. The molecular weight excluding hydrogens is 236 g/mol. The van der Waals surface area contributed by atoms with Crippen molar-refractivity contribution >= 4 is 0 Å². The van der Waals surface area contributed by atoms with Crippen molar-refractivity contribution in [3.8, 4) is 5.75 Å². The van der Waals surface area contributed by atoms with Gasteiger partial charge in [-0.3, -0.25) is 0 Å². The highest BCUT2D eigenvalue weighted by atomic mass is 16.5. The van der Waals surface area contributed by atoms with Crippen LogP contribution in [0.4, 0.5) is 0 Å². The maximum atomic E-state index is 6.49. The molecule has 0 bridgehead atoms. The van der Waals surface area contributed by atoms with Gasteiger partial charge in [-0.2, -0.15) is 0 Å².